The van der Waals surface area contributed by atoms with E-state index in [1.54, 1.807) is 32.9 Å². The smallest absolute Gasteiger partial charge is 0.405 e. The number of aromatic nitrogens is 1. The van der Waals surface area contributed by atoms with E-state index < -0.39 is 11.7 Å². The van der Waals surface area contributed by atoms with Gasteiger partial charge in [0.2, 0.25) is 0 Å². The number of amides is 1. The van der Waals surface area contributed by atoms with Crippen molar-refractivity contribution in [1.82, 2.24) is 4.57 Å². The second kappa shape index (κ2) is 6.69. The summed E-state index contributed by atoms with van der Waals surface area (Å²) in [7, 11) is 0. The van der Waals surface area contributed by atoms with Crippen LogP contribution < -0.4 is 11.5 Å². The molecule has 2 rings (SSSR count). The Kier molecular flexibility index (Phi) is 5.24. The van der Waals surface area contributed by atoms with Gasteiger partial charge in [-0.05, 0) is 51.1 Å². The SMILES string of the molecule is CC(C)(C)OC(N)=O.Nc1cc(-n2cccc2)ccc1O. The van der Waals surface area contributed by atoms with Crippen LogP contribution in [0.25, 0.3) is 5.69 Å². The standard InChI is InChI=1S/C10H10N2O.C5H11NO2/c11-9-7-8(3-4-10(9)13)12-5-1-2-6-12;1-5(2,3)8-4(6)7/h1-7,13H,11H2;1-3H3,(H2,6,7). The molecule has 1 heterocycles. The first-order chi connectivity index (χ1) is 9.69. The predicted molar refractivity (Wildman–Crippen MR) is 82.3 cm³/mol. The monoisotopic (exact) mass is 291 g/mol. The molecule has 0 aliphatic carbocycles. The average molecular weight is 291 g/mol. The number of carbonyl (C=O) groups excluding carboxylic acids is 1. The zero-order chi connectivity index (χ0) is 16.0. The number of ether oxygens (including phenoxy) is 1. The van der Waals surface area contributed by atoms with Crippen LogP contribution in [0.15, 0.2) is 42.7 Å². The van der Waals surface area contributed by atoms with E-state index in [9.17, 15) is 9.90 Å². The zero-order valence-electron chi connectivity index (χ0n) is 12.4. The summed E-state index contributed by atoms with van der Waals surface area (Å²) < 4.78 is 6.50. The first-order valence-electron chi connectivity index (χ1n) is 6.39. The van der Waals surface area contributed by atoms with E-state index in [1.807, 2.05) is 35.2 Å². The molecule has 1 amide bonds. The van der Waals surface area contributed by atoms with Gasteiger partial charge in [-0.1, -0.05) is 0 Å². The van der Waals surface area contributed by atoms with Crippen molar-refractivity contribution in [3.8, 4) is 11.4 Å². The molecule has 114 valence electrons. The zero-order valence-corrected chi connectivity index (χ0v) is 12.4. The number of phenolic OH excluding ortho intramolecular Hbond substituents is 1. The molecule has 0 spiro atoms. The van der Waals surface area contributed by atoms with E-state index in [0.29, 0.717) is 5.69 Å². The minimum absolute atomic E-state index is 0.121. The van der Waals surface area contributed by atoms with Gasteiger partial charge in [0, 0.05) is 18.1 Å². The van der Waals surface area contributed by atoms with Crippen LogP contribution in [0.4, 0.5) is 10.5 Å². The molecular weight excluding hydrogens is 270 g/mol. The number of rotatable bonds is 1. The van der Waals surface area contributed by atoms with Gasteiger partial charge in [0.05, 0.1) is 5.69 Å². The molecular formula is C15H21N3O3. The van der Waals surface area contributed by atoms with E-state index in [1.165, 1.54) is 0 Å². The summed E-state index contributed by atoms with van der Waals surface area (Å²) >= 11 is 0. The van der Waals surface area contributed by atoms with Crippen LogP contribution in [0.1, 0.15) is 20.8 Å². The lowest BCUT2D eigenvalue weighted by atomic mass is 10.2. The Hall–Kier alpha value is -2.63. The van der Waals surface area contributed by atoms with Gasteiger partial charge < -0.3 is 25.9 Å². The summed E-state index contributed by atoms with van der Waals surface area (Å²) in [6.07, 6.45) is 3.12. The van der Waals surface area contributed by atoms with E-state index in [0.717, 1.165) is 5.69 Å². The van der Waals surface area contributed by atoms with Gasteiger partial charge in [-0.15, -0.1) is 0 Å². The number of benzene rings is 1. The van der Waals surface area contributed by atoms with Crippen molar-refractivity contribution < 1.29 is 14.6 Å². The van der Waals surface area contributed by atoms with Gasteiger partial charge in [0.15, 0.2) is 0 Å². The second-order valence-electron chi connectivity index (χ2n) is 5.37. The minimum atomic E-state index is -0.725. The molecule has 0 aliphatic rings. The fraction of sp³-hybridized carbons (Fsp3) is 0.267. The normalized spacial score (nSPS) is 10.4. The number of phenols is 1. The number of hydrogen-bond acceptors (Lipinski definition) is 4. The van der Waals surface area contributed by atoms with Crippen LogP contribution in [0.3, 0.4) is 0 Å². The van der Waals surface area contributed by atoms with Crippen molar-refractivity contribution in [3.63, 3.8) is 0 Å². The second-order valence-corrected chi connectivity index (χ2v) is 5.37. The molecule has 1 aromatic heterocycles. The third-order valence-corrected chi connectivity index (χ3v) is 2.32. The Bertz CT molecular complexity index is 587. The average Bonchev–Trinajstić information content (AvgIpc) is 2.84. The van der Waals surface area contributed by atoms with Crippen LogP contribution >= 0.6 is 0 Å². The van der Waals surface area contributed by atoms with Gasteiger partial charge >= 0.3 is 6.09 Å². The topological polar surface area (TPSA) is 104 Å². The summed E-state index contributed by atoms with van der Waals surface area (Å²) in [6, 6.07) is 9.00. The highest BCUT2D eigenvalue weighted by atomic mass is 16.6. The molecule has 6 nitrogen and oxygen atoms in total. The van der Waals surface area contributed by atoms with Crippen molar-refractivity contribution in [2.24, 2.45) is 5.73 Å². The van der Waals surface area contributed by atoms with Crippen molar-refractivity contribution >= 4 is 11.8 Å². The molecule has 0 bridgehead atoms. The van der Waals surface area contributed by atoms with Crippen LogP contribution in [0.5, 0.6) is 5.75 Å². The summed E-state index contributed by atoms with van der Waals surface area (Å²) in [5.41, 5.74) is 11.2. The highest BCUT2D eigenvalue weighted by Gasteiger charge is 2.12. The van der Waals surface area contributed by atoms with Crippen molar-refractivity contribution in [3.05, 3.63) is 42.7 Å². The van der Waals surface area contributed by atoms with Crippen molar-refractivity contribution in [2.75, 3.05) is 5.73 Å². The van der Waals surface area contributed by atoms with Gasteiger partial charge in [0.25, 0.3) is 0 Å². The Labute approximate surface area is 123 Å². The summed E-state index contributed by atoms with van der Waals surface area (Å²) in [5.74, 6) is 0.121. The molecule has 0 atom stereocenters. The maximum atomic E-state index is 10.0. The molecule has 2 aromatic rings. The highest BCUT2D eigenvalue weighted by molar-refractivity contribution is 5.65. The predicted octanol–water partition coefficient (Wildman–Crippen LogP) is 2.65. The molecule has 0 aliphatic heterocycles. The molecule has 6 heteroatoms. The number of hydrogen-bond donors (Lipinski definition) is 3. The molecule has 0 radical (unpaired) electrons. The summed E-state index contributed by atoms with van der Waals surface area (Å²) in [4.78, 5) is 10.0. The summed E-state index contributed by atoms with van der Waals surface area (Å²) in [5, 5.41) is 9.21. The highest BCUT2D eigenvalue weighted by Crippen LogP contribution is 2.22. The number of aromatic hydroxyl groups is 1. The maximum Gasteiger partial charge on any atom is 0.405 e. The maximum absolute atomic E-state index is 10.0. The number of nitrogen functional groups attached to an aromatic ring is 1. The van der Waals surface area contributed by atoms with Gasteiger partial charge in [-0.2, -0.15) is 0 Å². The number of anilines is 1. The Morgan fingerprint density at radius 3 is 2.19 bits per heavy atom. The van der Waals surface area contributed by atoms with Gasteiger partial charge in [-0.25, -0.2) is 4.79 Å². The molecule has 0 unspecified atom stereocenters. The first-order valence-corrected chi connectivity index (χ1v) is 6.39. The largest absolute Gasteiger partial charge is 0.506 e. The molecule has 0 fully saturated rings. The molecule has 5 N–H and O–H groups in total. The number of primary amides is 1. The quantitative estimate of drug-likeness (QED) is 0.555. The van der Waals surface area contributed by atoms with E-state index in [4.69, 9.17) is 11.5 Å². The number of carbonyl (C=O) groups is 1. The third kappa shape index (κ3) is 5.90. The number of nitrogens with zero attached hydrogens (tertiary/aromatic N) is 1. The first kappa shape index (κ1) is 16.4. The summed E-state index contributed by atoms with van der Waals surface area (Å²) in [6.45, 7) is 5.28. The van der Waals surface area contributed by atoms with E-state index >= 15 is 0 Å². The van der Waals surface area contributed by atoms with Crippen molar-refractivity contribution in [1.29, 1.82) is 0 Å². The lowest BCUT2D eigenvalue weighted by Crippen LogP contribution is -2.27. The van der Waals surface area contributed by atoms with E-state index in [2.05, 4.69) is 4.74 Å². The van der Waals surface area contributed by atoms with Crippen molar-refractivity contribution in [2.45, 2.75) is 26.4 Å². The Balaban J connectivity index is 0.000000240. The fourth-order valence-corrected chi connectivity index (χ4v) is 1.51. The Morgan fingerprint density at radius 1 is 1.24 bits per heavy atom. The number of nitrogens with two attached hydrogens (primary N) is 2. The van der Waals surface area contributed by atoms with Crippen LogP contribution in [-0.4, -0.2) is 21.4 Å². The lowest BCUT2D eigenvalue weighted by Gasteiger charge is -2.16. The van der Waals surface area contributed by atoms with Crippen LogP contribution in [-0.2, 0) is 4.74 Å². The lowest BCUT2D eigenvalue weighted by molar-refractivity contribution is 0.0600. The molecule has 0 saturated heterocycles. The third-order valence-electron chi connectivity index (χ3n) is 2.32. The molecule has 1 aromatic carbocycles. The fourth-order valence-electron chi connectivity index (χ4n) is 1.51. The van der Waals surface area contributed by atoms with Crippen LogP contribution in [0.2, 0.25) is 0 Å². The van der Waals surface area contributed by atoms with Crippen LogP contribution in [0, 0.1) is 0 Å². The molecule has 21 heavy (non-hydrogen) atoms. The van der Waals surface area contributed by atoms with Gasteiger partial charge in [0.1, 0.15) is 11.4 Å². The minimum Gasteiger partial charge on any atom is -0.506 e. The molecule has 0 saturated carbocycles. The van der Waals surface area contributed by atoms with Gasteiger partial charge in [-0.3, -0.25) is 0 Å². The van der Waals surface area contributed by atoms with E-state index in [-0.39, 0.29) is 5.75 Å². The Morgan fingerprint density at radius 2 is 1.81 bits per heavy atom.